The van der Waals surface area contributed by atoms with Crippen molar-refractivity contribution in [1.29, 1.82) is 0 Å². The van der Waals surface area contributed by atoms with Crippen LogP contribution in [-0.4, -0.2) is 22.8 Å². The molecule has 118 valence electrons. The fourth-order valence-electron chi connectivity index (χ4n) is 2.13. The van der Waals surface area contributed by atoms with Crippen LogP contribution in [0.3, 0.4) is 0 Å². The van der Waals surface area contributed by atoms with Crippen LogP contribution in [0, 0.1) is 0 Å². The topological polar surface area (TPSA) is 88.8 Å². The molecule has 2 N–H and O–H groups in total. The van der Waals surface area contributed by atoms with E-state index in [0.29, 0.717) is 11.1 Å². The van der Waals surface area contributed by atoms with Crippen molar-refractivity contribution in [2.75, 3.05) is 0 Å². The van der Waals surface area contributed by atoms with Crippen LogP contribution in [0.4, 0.5) is 4.79 Å². The number of aliphatic carboxylic acids is 1. The number of alkyl carbamates (subject to hydrolysis) is 1. The monoisotopic (exact) mass is 305 g/mol. The number of carboxylic acids is 1. The largest absolute Gasteiger partial charge is 0.481 e. The van der Waals surface area contributed by atoms with E-state index < -0.39 is 23.7 Å². The molecule has 6 heteroatoms. The number of hydrogen-bond donors (Lipinski definition) is 2. The van der Waals surface area contributed by atoms with E-state index in [0.717, 1.165) is 5.39 Å². The van der Waals surface area contributed by atoms with Crippen LogP contribution < -0.4 is 5.32 Å². The quantitative estimate of drug-likeness (QED) is 0.902. The van der Waals surface area contributed by atoms with Crippen LogP contribution in [0.2, 0.25) is 0 Å². The maximum Gasteiger partial charge on any atom is 0.408 e. The summed E-state index contributed by atoms with van der Waals surface area (Å²) in [5, 5.41) is 12.4. The van der Waals surface area contributed by atoms with Crippen molar-refractivity contribution in [3.63, 3.8) is 0 Å². The van der Waals surface area contributed by atoms with E-state index in [4.69, 9.17) is 14.3 Å². The molecule has 2 aromatic rings. The summed E-state index contributed by atoms with van der Waals surface area (Å²) < 4.78 is 10.6. The zero-order chi connectivity index (χ0) is 16.3. The summed E-state index contributed by atoms with van der Waals surface area (Å²) in [7, 11) is 0. The molecule has 0 aliphatic heterocycles. The zero-order valence-corrected chi connectivity index (χ0v) is 12.8. The summed E-state index contributed by atoms with van der Waals surface area (Å²) >= 11 is 0. The third-order valence-electron chi connectivity index (χ3n) is 2.96. The highest BCUT2D eigenvalue weighted by molar-refractivity contribution is 5.83. The van der Waals surface area contributed by atoms with Gasteiger partial charge in [-0.1, -0.05) is 18.2 Å². The van der Waals surface area contributed by atoms with Crippen molar-refractivity contribution < 1.29 is 23.8 Å². The molecule has 0 saturated heterocycles. The van der Waals surface area contributed by atoms with Crippen LogP contribution in [0.1, 0.15) is 38.8 Å². The van der Waals surface area contributed by atoms with E-state index in [1.165, 1.54) is 6.26 Å². The molecule has 1 atom stereocenters. The predicted octanol–water partition coefficient (Wildman–Crippen LogP) is 3.47. The van der Waals surface area contributed by atoms with E-state index >= 15 is 0 Å². The lowest BCUT2D eigenvalue weighted by atomic mass is 10.0. The highest BCUT2D eigenvalue weighted by Gasteiger charge is 2.25. The molecule has 0 bridgehead atoms. The average Bonchev–Trinajstić information content (AvgIpc) is 2.78. The number of para-hydroxylation sites is 1. The van der Waals surface area contributed by atoms with E-state index in [9.17, 15) is 9.59 Å². The first-order valence-electron chi connectivity index (χ1n) is 6.94. The van der Waals surface area contributed by atoms with Crippen molar-refractivity contribution in [3.05, 3.63) is 36.1 Å². The molecule has 2 rings (SSSR count). The Morgan fingerprint density at radius 3 is 2.64 bits per heavy atom. The van der Waals surface area contributed by atoms with Crippen LogP contribution in [0.25, 0.3) is 11.0 Å². The number of rotatable bonds is 4. The number of carbonyl (C=O) groups is 2. The van der Waals surface area contributed by atoms with Crippen LogP contribution >= 0.6 is 0 Å². The third kappa shape index (κ3) is 4.00. The van der Waals surface area contributed by atoms with E-state index in [-0.39, 0.29) is 6.42 Å². The molecule has 1 amide bonds. The summed E-state index contributed by atoms with van der Waals surface area (Å²) in [5.41, 5.74) is 0.596. The highest BCUT2D eigenvalue weighted by Crippen LogP contribution is 2.28. The van der Waals surface area contributed by atoms with Gasteiger partial charge in [0.05, 0.1) is 18.7 Å². The van der Waals surface area contributed by atoms with Gasteiger partial charge in [-0.2, -0.15) is 0 Å². The molecule has 0 fully saturated rings. The maximum absolute atomic E-state index is 11.9. The van der Waals surface area contributed by atoms with Gasteiger partial charge in [-0.05, 0) is 26.8 Å². The van der Waals surface area contributed by atoms with Crippen molar-refractivity contribution in [2.24, 2.45) is 0 Å². The molecule has 22 heavy (non-hydrogen) atoms. The number of nitrogens with one attached hydrogen (secondary N) is 1. The minimum Gasteiger partial charge on any atom is -0.481 e. The number of hydrogen-bond acceptors (Lipinski definition) is 4. The molecule has 1 aromatic heterocycles. The molecule has 0 unspecified atom stereocenters. The average molecular weight is 305 g/mol. The molecule has 0 aliphatic rings. The van der Waals surface area contributed by atoms with Crippen molar-refractivity contribution in [2.45, 2.75) is 38.8 Å². The van der Waals surface area contributed by atoms with Gasteiger partial charge >= 0.3 is 12.1 Å². The lowest BCUT2D eigenvalue weighted by molar-refractivity contribution is -0.137. The van der Waals surface area contributed by atoms with Crippen LogP contribution in [0.15, 0.2) is 34.9 Å². The Bertz CT molecular complexity index is 683. The molecule has 1 heterocycles. The van der Waals surface area contributed by atoms with Crippen LogP contribution in [-0.2, 0) is 9.53 Å². The Hall–Kier alpha value is -2.50. The SMILES string of the molecule is CC(C)(C)OC(=O)N[C@@H](CC(=O)O)c1coc2ccccc12. The maximum atomic E-state index is 11.9. The first-order valence-corrected chi connectivity index (χ1v) is 6.94. The lowest BCUT2D eigenvalue weighted by Crippen LogP contribution is -2.35. The van der Waals surface area contributed by atoms with E-state index in [1.807, 2.05) is 18.2 Å². The van der Waals surface area contributed by atoms with Crippen molar-refractivity contribution >= 4 is 23.0 Å². The van der Waals surface area contributed by atoms with Crippen LogP contribution in [0.5, 0.6) is 0 Å². The minimum atomic E-state index is -1.02. The number of carbonyl (C=O) groups excluding carboxylic acids is 1. The Balaban J connectivity index is 2.26. The molecule has 0 radical (unpaired) electrons. The van der Waals surface area contributed by atoms with Gasteiger partial charge in [0.15, 0.2) is 0 Å². The standard InChI is InChI=1S/C16H19NO5/c1-16(2,3)22-15(20)17-12(8-14(18)19)11-9-21-13-7-5-4-6-10(11)13/h4-7,9,12H,8H2,1-3H3,(H,17,20)(H,18,19)/t12-/m0/s1. The molecular weight excluding hydrogens is 286 g/mol. The summed E-state index contributed by atoms with van der Waals surface area (Å²) in [5.74, 6) is -1.02. The second kappa shape index (κ2) is 6.09. The number of amides is 1. The van der Waals surface area contributed by atoms with Gasteiger partial charge in [-0.15, -0.1) is 0 Å². The Morgan fingerprint density at radius 1 is 1.32 bits per heavy atom. The Morgan fingerprint density at radius 2 is 2.00 bits per heavy atom. The second-order valence-corrected chi connectivity index (χ2v) is 5.98. The summed E-state index contributed by atoms with van der Waals surface area (Å²) in [6.45, 7) is 5.23. The Kier molecular flexibility index (Phi) is 4.40. The first kappa shape index (κ1) is 15.9. The van der Waals surface area contributed by atoms with Crippen molar-refractivity contribution in [3.8, 4) is 0 Å². The molecule has 0 spiro atoms. The van der Waals surface area contributed by atoms with Gasteiger partial charge < -0.3 is 19.6 Å². The zero-order valence-electron chi connectivity index (χ0n) is 12.8. The number of ether oxygens (including phenoxy) is 1. The predicted molar refractivity (Wildman–Crippen MR) is 80.6 cm³/mol. The summed E-state index contributed by atoms with van der Waals surface area (Å²) in [6, 6.07) is 6.52. The van der Waals surface area contributed by atoms with Gasteiger partial charge in [0.25, 0.3) is 0 Å². The molecule has 1 aromatic carbocycles. The number of furan rings is 1. The molecular formula is C16H19NO5. The third-order valence-corrected chi connectivity index (χ3v) is 2.96. The lowest BCUT2D eigenvalue weighted by Gasteiger charge is -2.22. The van der Waals surface area contributed by atoms with Gasteiger partial charge in [0.2, 0.25) is 0 Å². The fraction of sp³-hybridized carbons (Fsp3) is 0.375. The fourth-order valence-corrected chi connectivity index (χ4v) is 2.13. The highest BCUT2D eigenvalue weighted by atomic mass is 16.6. The molecule has 0 saturated carbocycles. The first-order chi connectivity index (χ1) is 10.3. The summed E-state index contributed by atoms with van der Waals surface area (Å²) in [6.07, 6.45) is 0.544. The molecule has 6 nitrogen and oxygen atoms in total. The smallest absolute Gasteiger partial charge is 0.408 e. The van der Waals surface area contributed by atoms with Gasteiger partial charge in [0.1, 0.15) is 11.2 Å². The molecule has 0 aliphatic carbocycles. The van der Waals surface area contributed by atoms with Gasteiger partial charge in [-0.3, -0.25) is 4.79 Å². The van der Waals surface area contributed by atoms with Gasteiger partial charge in [-0.25, -0.2) is 4.79 Å². The summed E-state index contributed by atoms with van der Waals surface area (Å²) in [4.78, 5) is 23.0. The van der Waals surface area contributed by atoms with Crippen molar-refractivity contribution in [1.82, 2.24) is 5.32 Å². The minimum absolute atomic E-state index is 0.261. The number of fused-ring (bicyclic) bond motifs is 1. The normalized spacial score (nSPS) is 12.9. The number of carboxylic acid groups (broad SMARTS) is 1. The van der Waals surface area contributed by atoms with E-state index in [2.05, 4.69) is 5.32 Å². The van der Waals surface area contributed by atoms with E-state index in [1.54, 1.807) is 26.8 Å². The second-order valence-electron chi connectivity index (χ2n) is 5.98. The van der Waals surface area contributed by atoms with Gasteiger partial charge in [0, 0.05) is 10.9 Å². The Labute approximate surface area is 128 Å². The number of benzene rings is 1.